The van der Waals surface area contributed by atoms with Gasteiger partial charge in [-0.25, -0.2) is 9.97 Å². The molecule has 2 heterocycles. The van der Waals surface area contributed by atoms with Gasteiger partial charge in [0.15, 0.2) is 0 Å². The number of anilines is 1. The van der Waals surface area contributed by atoms with Gasteiger partial charge in [-0.1, -0.05) is 13.8 Å². The Hall–Kier alpha value is -1.20. The maximum Gasteiger partial charge on any atom is 0.129 e. The fourth-order valence-corrected chi connectivity index (χ4v) is 2.75. The first-order valence-electron chi connectivity index (χ1n) is 7.96. The Morgan fingerprint density at radius 2 is 2.29 bits per heavy atom. The van der Waals surface area contributed by atoms with E-state index in [1.165, 1.54) is 19.5 Å². The van der Waals surface area contributed by atoms with E-state index in [-0.39, 0.29) is 0 Å². The second-order valence-electron chi connectivity index (χ2n) is 6.17. The molecule has 1 N–H and O–H groups in total. The van der Waals surface area contributed by atoms with Gasteiger partial charge in [-0.15, -0.1) is 0 Å². The summed E-state index contributed by atoms with van der Waals surface area (Å²) in [5.41, 5.74) is 1.10. The minimum absolute atomic E-state index is 0.441. The van der Waals surface area contributed by atoms with E-state index in [4.69, 9.17) is 4.74 Å². The van der Waals surface area contributed by atoms with Crippen LogP contribution in [-0.2, 0) is 4.74 Å². The summed E-state index contributed by atoms with van der Waals surface area (Å²) in [5, 5.41) is 3.47. The minimum Gasteiger partial charge on any atom is -0.385 e. The van der Waals surface area contributed by atoms with Gasteiger partial charge in [0.25, 0.3) is 0 Å². The number of rotatable bonds is 8. The summed E-state index contributed by atoms with van der Waals surface area (Å²) in [5.74, 6) is 2.10. The number of hydrogen-bond donors (Lipinski definition) is 1. The minimum atomic E-state index is 0.441. The third-order valence-electron chi connectivity index (χ3n) is 4.04. The van der Waals surface area contributed by atoms with Crippen molar-refractivity contribution in [2.24, 2.45) is 5.92 Å². The van der Waals surface area contributed by atoms with E-state index >= 15 is 0 Å². The van der Waals surface area contributed by atoms with Crippen LogP contribution >= 0.6 is 0 Å². The van der Waals surface area contributed by atoms with Crippen LogP contribution < -0.4 is 5.32 Å². The van der Waals surface area contributed by atoms with Gasteiger partial charge in [0.1, 0.15) is 12.1 Å². The molecule has 118 valence electrons. The van der Waals surface area contributed by atoms with Crippen molar-refractivity contribution in [3.8, 4) is 0 Å². The highest BCUT2D eigenvalue weighted by atomic mass is 16.5. The van der Waals surface area contributed by atoms with Gasteiger partial charge in [0, 0.05) is 45.1 Å². The normalized spacial score (nSPS) is 19.3. The number of methoxy groups -OCH3 is 1. The van der Waals surface area contributed by atoms with E-state index in [9.17, 15) is 0 Å². The van der Waals surface area contributed by atoms with Crippen LogP contribution in [0.3, 0.4) is 0 Å². The van der Waals surface area contributed by atoms with Crippen LogP contribution in [0.4, 0.5) is 5.82 Å². The van der Waals surface area contributed by atoms with E-state index in [0.717, 1.165) is 37.6 Å². The Morgan fingerprint density at radius 3 is 3.05 bits per heavy atom. The third-order valence-corrected chi connectivity index (χ3v) is 4.04. The third kappa shape index (κ3) is 5.25. The van der Waals surface area contributed by atoms with Gasteiger partial charge >= 0.3 is 0 Å². The lowest BCUT2D eigenvalue weighted by molar-refractivity contribution is 0.178. The quantitative estimate of drug-likeness (QED) is 0.746. The number of hydrogen-bond acceptors (Lipinski definition) is 5. The van der Waals surface area contributed by atoms with Crippen LogP contribution in [-0.4, -0.2) is 54.8 Å². The fourth-order valence-electron chi connectivity index (χ4n) is 2.75. The molecular weight excluding hydrogens is 264 g/mol. The van der Waals surface area contributed by atoms with Gasteiger partial charge in [0.05, 0.1) is 0 Å². The summed E-state index contributed by atoms with van der Waals surface area (Å²) < 4.78 is 5.11. The molecule has 0 aromatic carbocycles. The van der Waals surface area contributed by atoms with E-state index in [1.54, 1.807) is 13.4 Å². The molecule has 1 atom stereocenters. The summed E-state index contributed by atoms with van der Waals surface area (Å²) in [6.45, 7) is 9.70. The Labute approximate surface area is 128 Å². The second kappa shape index (κ2) is 8.29. The predicted octanol–water partition coefficient (Wildman–Crippen LogP) is 2.37. The molecular formula is C16H28N4O. The lowest BCUT2D eigenvalue weighted by atomic mass is 10.1. The van der Waals surface area contributed by atoms with Crippen LogP contribution in [0.1, 0.15) is 38.3 Å². The Kier molecular flexibility index (Phi) is 6.39. The van der Waals surface area contributed by atoms with Crippen molar-refractivity contribution in [3.63, 3.8) is 0 Å². The Balaban J connectivity index is 1.73. The molecule has 0 unspecified atom stereocenters. The van der Waals surface area contributed by atoms with Gasteiger partial charge in [-0.05, 0) is 31.2 Å². The van der Waals surface area contributed by atoms with Crippen molar-refractivity contribution in [1.82, 2.24) is 14.9 Å². The first kappa shape index (κ1) is 16.2. The molecule has 0 aliphatic carbocycles. The van der Waals surface area contributed by atoms with E-state index in [2.05, 4.69) is 40.1 Å². The number of ether oxygens (including phenoxy) is 1. The van der Waals surface area contributed by atoms with Crippen molar-refractivity contribution >= 4 is 5.82 Å². The molecule has 1 aliphatic rings. The molecule has 0 radical (unpaired) electrons. The van der Waals surface area contributed by atoms with Crippen LogP contribution in [0.2, 0.25) is 0 Å². The predicted molar refractivity (Wildman–Crippen MR) is 85.7 cm³/mol. The van der Waals surface area contributed by atoms with E-state index in [0.29, 0.717) is 11.8 Å². The number of nitrogens with zero attached hydrogens (tertiary/aromatic N) is 3. The van der Waals surface area contributed by atoms with Crippen LogP contribution in [0.15, 0.2) is 12.4 Å². The SMILES string of the molecule is COCCCN1CC[C@@H](CNc2cc(C(C)C)ncn2)C1. The molecule has 0 saturated carbocycles. The van der Waals surface area contributed by atoms with E-state index in [1.807, 2.05) is 0 Å². The van der Waals surface area contributed by atoms with Crippen molar-refractivity contribution in [2.75, 3.05) is 45.2 Å². The smallest absolute Gasteiger partial charge is 0.129 e. The Morgan fingerprint density at radius 1 is 1.43 bits per heavy atom. The maximum absolute atomic E-state index is 5.11. The molecule has 5 nitrogen and oxygen atoms in total. The maximum atomic E-state index is 5.11. The lowest BCUT2D eigenvalue weighted by Gasteiger charge is -2.16. The monoisotopic (exact) mass is 292 g/mol. The summed E-state index contributed by atoms with van der Waals surface area (Å²) in [6, 6.07) is 2.07. The molecule has 2 rings (SSSR count). The number of nitrogens with one attached hydrogen (secondary N) is 1. The zero-order valence-corrected chi connectivity index (χ0v) is 13.5. The molecule has 0 amide bonds. The topological polar surface area (TPSA) is 50.3 Å². The first-order chi connectivity index (χ1) is 10.2. The molecule has 5 heteroatoms. The summed E-state index contributed by atoms with van der Waals surface area (Å²) in [7, 11) is 1.77. The van der Waals surface area contributed by atoms with E-state index < -0.39 is 0 Å². The van der Waals surface area contributed by atoms with Crippen molar-refractivity contribution in [1.29, 1.82) is 0 Å². The number of aromatic nitrogens is 2. The fraction of sp³-hybridized carbons (Fsp3) is 0.750. The van der Waals surface area contributed by atoms with Gasteiger partial charge in [0.2, 0.25) is 0 Å². The molecule has 1 saturated heterocycles. The van der Waals surface area contributed by atoms with Gasteiger partial charge in [-0.2, -0.15) is 0 Å². The zero-order chi connectivity index (χ0) is 15.1. The largest absolute Gasteiger partial charge is 0.385 e. The van der Waals surface area contributed by atoms with Crippen molar-refractivity contribution in [3.05, 3.63) is 18.1 Å². The molecule has 1 aromatic heterocycles. The van der Waals surface area contributed by atoms with Gasteiger partial charge < -0.3 is 15.0 Å². The molecule has 0 bridgehead atoms. The standard InChI is InChI=1S/C16H28N4O/c1-13(2)15-9-16(19-12-18-15)17-10-14-5-7-20(11-14)6-4-8-21-3/h9,12-14H,4-8,10-11H2,1-3H3,(H,17,18,19)/t14-/m0/s1. The average Bonchev–Trinajstić information content (AvgIpc) is 2.94. The highest BCUT2D eigenvalue weighted by molar-refractivity contribution is 5.35. The summed E-state index contributed by atoms with van der Waals surface area (Å²) in [4.78, 5) is 11.1. The molecule has 1 fully saturated rings. The zero-order valence-electron chi connectivity index (χ0n) is 13.5. The van der Waals surface area contributed by atoms with Crippen molar-refractivity contribution in [2.45, 2.75) is 32.6 Å². The van der Waals surface area contributed by atoms with Crippen LogP contribution in [0, 0.1) is 5.92 Å². The van der Waals surface area contributed by atoms with Crippen LogP contribution in [0.5, 0.6) is 0 Å². The van der Waals surface area contributed by atoms with Crippen LogP contribution in [0.25, 0.3) is 0 Å². The molecule has 0 spiro atoms. The summed E-state index contributed by atoms with van der Waals surface area (Å²) in [6.07, 6.45) is 4.05. The first-order valence-corrected chi connectivity index (χ1v) is 7.96. The van der Waals surface area contributed by atoms with Gasteiger partial charge in [-0.3, -0.25) is 0 Å². The Bertz CT molecular complexity index is 424. The average molecular weight is 292 g/mol. The highest BCUT2D eigenvalue weighted by Crippen LogP contribution is 2.18. The highest BCUT2D eigenvalue weighted by Gasteiger charge is 2.21. The number of likely N-dealkylation sites (tertiary alicyclic amines) is 1. The summed E-state index contributed by atoms with van der Waals surface area (Å²) >= 11 is 0. The molecule has 1 aliphatic heterocycles. The second-order valence-corrected chi connectivity index (χ2v) is 6.17. The molecule has 1 aromatic rings. The molecule has 21 heavy (non-hydrogen) atoms. The van der Waals surface area contributed by atoms with Crippen molar-refractivity contribution < 1.29 is 4.74 Å². The lowest BCUT2D eigenvalue weighted by Crippen LogP contribution is -2.24.